The van der Waals surface area contributed by atoms with Gasteiger partial charge in [-0.25, -0.2) is 8.42 Å². The minimum Gasteiger partial charge on any atom is -0.505 e. The molecule has 0 saturated carbocycles. The van der Waals surface area contributed by atoms with Crippen LogP contribution in [0.5, 0.6) is 5.75 Å². The van der Waals surface area contributed by atoms with Gasteiger partial charge in [-0.3, -0.25) is 4.79 Å². The third-order valence-electron chi connectivity index (χ3n) is 2.71. The van der Waals surface area contributed by atoms with Crippen molar-refractivity contribution in [3.05, 3.63) is 21.6 Å². The summed E-state index contributed by atoms with van der Waals surface area (Å²) in [6, 6.07) is 1.30. The van der Waals surface area contributed by atoms with Gasteiger partial charge >= 0.3 is 5.97 Å². The van der Waals surface area contributed by atoms with Crippen molar-refractivity contribution in [3.8, 4) is 5.75 Å². The topological polar surface area (TPSA) is 94.9 Å². The summed E-state index contributed by atoms with van der Waals surface area (Å²) in [4.78, 5) is 10.7. The van der Waals surface area contributed by atoms with Gasteiger partial charge in [0.1, 0.15) is 16.7 Å². The number of sulfonamides is 1. The summed E-state index contributed by atoms with van der Waals surface area (Å²) in [5.41, 5.74) is 0. The number of benzene rings is 1. The van der Waals surface area contributed by atoms with Crippen LogP contribution in [-0.2, 0) is 14.8 Å². The highest BCUT2D eigenvalue weighted by atomic mass is 79.9. The van der Waals surface area contributed by atoms with E-state index in [1.54, 1.807) is 0 Å². The zero-order valence-corrected chi connectivity index (χ0v) is 13.8. The van der Waals surface area contributed by atoms with Crippen molar-refractivity contribution in [3.63, 3.8) is 0 Å². The van der Waals surface area contributed by atoms with E-state index in [0.29, 0.717) is 0 Å². The first-order valence-electron chi connectivity index (χ1n) is 5.25. The van der Waals surface area contributed by atoms with Crippen molar-refractivity contribution in [2.24, 2.45) is 0 Å². The molecule has 20 heavy (non-hydrogen) atoms. The van der Waals surface area contributed by atoms with Gasteiger partial charge < -0.3 is 10.2 Å². The molecule has 1 atom stereocenters. The maximum atomic E-state index is 12.5. The highest BCUT2D eigenvalue weighted by molar-refractivity contribution is 9.10. The fraction of sp³-hybridized carbons (Fsp3) is 0.300. The van der Waals surface area contributed by atoms with Crippen LogP contribution < -0.4 is 0 Å². The molecule has 0 aromatic heterocycles. The van der Waals surface area contributed by atoms with Gasteiger partial charge in [0.25, 0.3) is 0 Å². The van der Waals surface area contributed by atoms with Crippen LogP contribution in [0.2, 0.25) is 5.02 Å². The van der Waals surface area contributed by atoms with Gasteiger partial charge in [0.05, 0.1) is 10.3 Å². The van der Waals surface area contributed by atoms with Gasteiger partial charge in [0.2, 0.25) is 10.0 Å². The maximum absolute atomic E-state index is 12.5. The average Bonchev–Trinajstić information content (AvgIpc) is 2.83. The van der Waals surface area contributed by atoms with E-state index in [4.69, 9.17) is 16.7 Å². The first kappa shape index (κ1) is 15.9. The molecule has 1 aromatic rings. The lowest BCUT2D eigenvalue weighted by Crippen LogP contribution is -2.41. The summed E-state index contributed by atoms with van der Waals surface area (Å²) in [7, 11) is -4.14. The van der Waals surface area contributed by atoms with E-state index >= 15 is 0 Å². The Bertz CT molecular complexity index is 666. The molecule has 0 unspecified atom stereocenters. The molecule has 0 spiro atoms. The number of phenolic OH excluding ortho intramolecular Hbond substituents is 1. The number of hydrogen-bond donors (Lipinski definition) is 2. The number of carbonyl (C=O) groups is 1. The van der Waals surface area contributed by atoms with Crippen LogP contribution in [0.3, 0.4) is 0 Å². The van der Waals surface area contributed by atoms with Crippen LogP contribution in [0, 0.1) is 0 Å². The zero-order chi connectivity index (χ0) is 15.1. The van der Waals surface area contributed by atoms with E-state index in [1.807, 2.05) is 0 Å². The Kier molecular flexibility index (Phi) is 4.55. The monoisotopic (exact) mass is 401 g/mol. The van der Waals surface area contributed by atoms with Gasteiger partial charge in [0.15, 0.2) is 0 Å². The van der Waals surface area contributed by atoms with Crippen molar-refractivity contribution in [2.45, 2.75) is 10.9 Å². The van der Waals surface area contributed by atoms with E-state index in [0.717, 1.165) is 10.4 Å². The molecule has 0 bridgehead atoms. The minimum absolute atomic E-state index is 0.0167. The fourth-order valence-electron chi connectivity index (χ4n) is 1.72. The van der Waals surface area contributed by atoms with Gasteiger partial charge in [-0.05, 0) is 28.1 Å². The average molecular weight is 403 g/mol. The van der Waals surface area contributed by atoms with Crippen LogP contribution in [0.25, 0.3) is 0 Å². The van der Waals surface area contributed by atoms with Gasteiger partial charge in [-0.2, -0.15) is 4.31 Å². The number of aliphatic carboxylic acids is 1. The van der Waals surface area contributed by atoms with Gasteiger partial charge in [-0.15, -0.1) is 11.8 Å². The van der Waals surface area contributed by atoms with E-state index < -0.39 is 32.7 Å². The van der Waals surface area contributed by atoms with Crippen molar-refractivity contribution in [1.82, 2.24) is 4.31 Å². The number of carboxylic acids is 1. The molecule has 110 valence electrons. The molecule has 1 aliphatic rings. The molecule has 2 rings (SSSR count). The van der Waals surface area contributed by atoms with E-state index in [9.17, 15) is 18.3 Å². The van der Waals surface area contributed by atoms with Crippen LogP contribution in [0.15, 0.2) is 21.5 Å². The van der Waals surface area contributed by atoms with Crippen LogP contribution >= 0.6 is 39.3 Å². The number of carboxylic acid groups (broad SMARTS) is 1. The van der Waals surface area contributed by atoms with Gasteiger partial charge in [-0.1, -0.05) is 11.6 Å². The second-order valence-corrected chi connectivity index (χ2v) is 8.13. The molecule has 1 heterocycles. The molecule has 0 amide bonds. The maximum Gasteiger partial charge on any atom is 0.322 e. The Morgan fingerprint density at radius 2 is 2.15 bits per heavy atom. The number of nitrogens with zero attached hydrogens (tertiary/aromatic N) is 1. The van der Waals surface area contributed by atoms with Crippen LogP contribution in [0.1, 0.15) is 0 Å². The number of rotatable bonds is 3. The summed E-state index contributed by atoms with van der Waals surface area (Å²) >= 11 is 9.99. The first-order chi connectivity index (χ1) is 9.25. The number of hydrogen-bond acceptors (Lipinski definition) is 5. The molecule has 1 aliphatic heterocycles. The smallest absolute Gasteiger partial charge is 0.322 e. The summed E-state index contributed by atoms with van der Waals surface area (Å²) in [6.07, 6.45) is 0. The molecule has 6 nitrogen and oxygen atoms in total. The quantitative estimate of drug-likeness (QED) is 0.802. The van der Waals surface area contributed by atoms with E-state index in [1.165, 1.54) is 17.8 Å². The predicted octanol–water partition coefficient (Wildman–Crippen LogP) is 1.96. The Morgan fingerprint density at radius 3 is 2.75 bits per heavy atom. The SMILES string of the molecule is O=C(O)[C@@H]1CSCN1S(=O)(=O)c1cc(Cl)cc(Br)c1O. The fourth-order valence-corrected chi connectivity index (χ4v) is 6.00. The molecular weight excluding hydrogens is 394 g/mol. The molecule has 1 aromatic carbocycles. The lowest BCUT2D eigenvalue weighted by Gasteiger charge is -2.21. The summed E-state index contributed by atoms with van der Waals surface area (Å²) < 4.78 is 25.9. The van der Waals surface area contributed by atoms with Crippen molar-refractivity contribution in [2.75, 3.05) is 11.6 Å². The van der Waals surface area contributed by atoms with Crippen LogP contribution in [-0.4, -0.2) is 46.6 Å². The molecule has 10 heteroatoms. The molecule has 1 saturated heterocycles. The van der Waals surface area contributed by atoms with Crippen molar-refractivity contribution in [1.29, 1.82) is 0 Å². The first-order valence-corrected chi connectivity index (χ1v) is 9.02. The molecule has 0 radical (unpaired) electrons. The number of thioether (sulfide) groups is 1. The zero-order valence-electron chi connectivity index (χ0n) is 9.79. The summed E-state index contributed by atoms with van der Waals surface area (Å²) in [5, 5.41) is 19.0. The van der Waals surface area contributed by atoms with E-state index in [2.05, 4.69) is 15.9 Å². The van der Waals surface area contributed by atoms with Crippen LogP contribution in [0.4, 0.5) is 0 Å². The molecular formula is C10H9BrClNO5S2. The standard InChI is InChI=1S/C10H9BrClNO5S2/c11-6-1-5(12)2-8(9(6)14)20(17,18)13-4-19-3-7(13)10(15)16/h1-2,7,14H,3-4H2,(H,15,16)/t7-/m0/s1. The van der Waals surface area contributed by atoms with Crippen molar-refractivity contribution < 1.29 is 23.4 Å². The second-order valence-electron chi connectivity index (χ2n) is 3.98. The Labute approximate surface area is 132 Å². The summed E-state index contributed by atoms with van der Waals surface area (Å²) in [6.45, 7) is 0. The van der Waals surface area contributed by atoms with E-state index in [-0.39, 0.29) is 21.1 Å². The third kappa shape index (κ3) is 2.77. The number of phenols is 1. The number of halogens is 2. The normalized spacial score (nSPS) is 20.2. The molecule has 2 N–H and O–H groups in total. The lowest BCUT2D eigenvalue weighted by molar-refractivity contribution is -0.140. The van der Waals surface area contributed by atoms with Crippen molar-refractivity contribution >= 4 is 55.3 Å². The summed E-state index contributed by atoms with van der Waals surface area (Å²) in [5.74, 6) is -1.53. The number of aromatic hydroxyl groups is 1. The Balaban J connectivity index is 2.53. The second kappa shape index (κ2) is 5.72. The minimum atomic E-state index is -4.14. The Hall–Kier alpha value is -0.480. The molecule has 1 fully saturated rings. The highest BCUT2D eigenvalue weighted by Crippen LogP contribution is 2.38. The highest BCUT2D eigenvalue weighted by Gasteiger charge is 2.41. The Morgan fingerprint density at radius 1 is 1.50 bits per heavy atom. The predicted molar refractivity (Wildman–Crippen MR) is 78.6 cm³/mol. The van der Waals surface area contributed by atoms with Gasteiger partial charge in [0, 0.05) is 10.8 Å². The molecule has 0 aliphatic carbocycles. The third-order valence-corrected chi connectivity index (χ3v) is 6.57. The largest absolute Gasteiger partial charge is 0.505 e. The lowest BCUT2D eigenvalue weighted by atomic mass is 10.3.